The first-order valence-corrected chi connectivity index (χ1v) is 4.75. The highest BCUT2D eigenvalue weighted by Crippen LogP contribution is 1.93. The molecule has 0 aliphatic rings. The van der Waals surface area contributed by atoms with Crippen molar-refractivity contribution in [1.82, 2.24) is 0 Å². The zero-order valence-corrected chi connectivity index (χ0v) is 8.59. The van der Waals surface area contributed by atoms with Gasteiger partial charge in [0.05, 0.1) is 13.2 Å². The minimum atomic E-state index is -0.442. The Morgan fingerprint density at radius 3 is 2.29 bits per heavy atom. The summed E-state index contributed by atoms with van der Waals surface area (Å²) in [6.45, 7) is 3.86. The van der Waals surface area contributed by atoms with Crippen molar-refractivity contribution in [2.75, 3.05) is 19.1 Å². The van der Waals surface area contributed by atoms with Gasteiger partial charge in [0.1, 0.15) is 5.88 Å². The number of alkyl halides is 1. The second kappa shape index (κ2) is 8.56. The molecular weight excluding hydrogens is 208 g/mol. The second-order valence-electron chi connectivity index (χ2n) is 2.43. The van der Waals surface area contributed by atoms with Gasteiger partial charge in [0.25, 0.3) is 0 Å². The van der Waals surface area contributed by atoms with Crippen LogP contribution in [0.2, 0.25) is 0 Å². The van der Waals surface area contributed by atoms with Gasteiger partial charge in [-0.2, -0.15) is 0 Å². The van der Waals surface area contributed by atoms with Crippen LogP contribution in [0.3, 0.4) is 0 Å². The highest BCUT2D eigenvalue weighted by atomic mass is 35.5. The molecule has 0 aromatic rings. The van der Waals surface area contributed by atoms with E-state index in [2.05, 4.69) is 6.58 Å². The first-order valence-electron chi connectivity index (χ1n) is 4.21. The number of carbonyl (C=O) groups is 2. The lowest BCUT2D eigenvalue weighted by Gasteiger charge is -2.03. The smallest absolute Gasteiger partial charge is 0.330 e. The normalized spacial score (nSPS) is 9.21. The van der Waals surface area contributed by atoms with Gasteiger partial charge in [-0.3, -0.25) is 4.79 Å². The molecule has 0 spiro atoms. The molecule has 0 saturated carbocycles. The lowest BCUT2D eigenvalue weighted by Crippen LogP contribution is -2.08. The summed E-state index contributed by atoms with van der Waals surface area (Å²) < 4.78 is 9.39. The summed E-state index contributed by atoms with van der Waals surface area (Å²) in [5.41, 5.74) is 0. The fraction of sp³-hybridized carbons (Fsp3) is 0.556. The van der Waals surface area contributed by atoms with Crippen LogP contribution in [0.25, 0.3) is 0 Å². The van der Waals surface area contributed by atoms with Crippen LogP contribution in [-0.4, -0.2) is 31.0 Å². The summed E-state index contributed by atoms with van der Waals surface area (Å²) in [5, 5.41) is 0. The molecule has 0 saturated heterocycles. The van der Waals surface area contributed by atoms with Crippen LogP contribution >= 0.6 is 11.6 Å². The van der Waals surface area contributed by atoms with Gasteiger partial charge in [-0.25, -0.2) is 4.79 Å². The topological polar surface area (TPSA) is 52.6 Å². The largest absolute Gasteiger partial charge is 0.465 e. The van der Waals surface area contributed by atoms with Crippen LogP contribution < -0.4 is 0 Å². The standard InChI is InChI=1S/C9H13ClO4/c1-2-8(11)13-5-3-4-6-14-9(12)7-10/h2H,1,3-7H2. The number of esters is 2. The van der Waals surface area contributed by atoms with Gasteiger partial charge in [0, 0.05) is 6.08 Å². The van der Waals surface area contributed by atoms with E-state index in [0.717, 1.165) is 6.08 Å². The van der Waals surface area contributed by atoms with E-state index >= 15 is 0 Å². The predicted molar refractivity (Wildman–Crippen MR) is 52.1 cm³/mol. The summed E-state index contributed by atoms with van der Waals surface area (Å²) in [7, 11) is 0. The van der Waals surface area contributed by atoms with Gasteiger partial charge in [0.2, 0.25) is 0 Å². The van der Waals surface area contributed by atoms with Gasteiger partial charge in [0.15, 0.2) is 0 Å². The lowest BCUT2D eigenvalue weighted by atomic mass is 10.3. The molecule has 0 amide bonds. The Morgan fingerprint density at radius 1 is 1.21 bits per heavy atom. The van der Waals surface area contributed by atoms with Crippen LogP contribution in [-0.2, 0) is 19.1 Å². The van der Waals surface area contributed by atoms with Crippen LogP contribution in [0.15, 0.2) is 12.7 Å². The van der Waals surface area contributed by atoms with Crippen molar-refractivity contribution in [3.8, 4) is 0 Å². The molecule has 0 heterocycles. The molecule has 0 aliphatic heterocycles. The lowest BCUT2D eigenvalue weighted by molar-refractivity contribution is -0.142. The molecule has 0 aromatic carbocycles. The predicted octanol–water partition coefficient (Wildman–Crippen LogP) is 1.28. The van der Waals surface area contributed by atoms with Crippen LogP contribution in [0.5, 0.6) is 0 Å². The van der Waals surface area contributed by atoms with E-state index in [0.29, 0.717) is 26.1 Å². The van der Waals surface area contributed by atoms with E-state index in [1.54, 1.807) is 0 Å². The molecular formula is C9H13ClO4. The molecule has 0 bridgehead atoms. The van der Waals surface area contributed by atoms with E-state index < -0.39 is 11.9 Å². The van der Waals surface area contributed by atoms with Crippen molar-refractivity contribution in [1.29, 1.82) is 0 Å². The Morgan fingerprint density at radius 2 is 1.79 bits per heavy atom. The summed E-state index contributed by atoms with van der Waals surface area (Å²) in [4.78, 5) is 21.1. The highest BCUT2D eigenvalue weighted by Gasteiger charge is 1.99. The Bertz CT molecular complexity index is 203. The third-order valence-electron chi connectivity index (χ3n) is 1.32. The monoisotopic (exact) mass is 220 g/mol. The van der Waals surface area contributed by atoms with Crippen molar-refractivity contribution < 1.29 is 19.1 Å². The van der Waals surface area contributed by atoms with Gasteiger partial charge in [-0.05, 0) is 12.8 Å². The molecule has 0 fully saturated rings. The summed E-state index contributed by atoms with van der Waals surface area (Å²) >= 11 is 5.20. The molecule has 0 unspecified atom stereocenters. The van der Waals surface area contributed by atoms with Crippen molar-refractivity contribution in [2.24, 2.45) is 0 Å². The van der Waals surface area contributed by atoms with Crippen molar-refractivity contribution in [3.63, 3.8) is 0 Å². The average molecular weight is 221 g/mol. The van der Waals surface area contributed by atoms with E-state index in [-0.39, 0.29) is 5.88 Å². The maximum Gasteiger partial charge on any atom is 0.330 e. The molecule has 80 valence electrons. The average Bonchev–Trinajstić information content (AvgIpc) is 2.22. The van der Waals surface area contributed by atoms with Gasteiger partial charge >= 0.3 is 11.9 Å². The van der Waals surface area contributed by atoms with Crippen molar-refractivity contribution in [2.45, 2.75) is 12.8 Å². The molecule has 4 nitrogen and oxygen atoms in total. The van der Waals surface area contributed by atoms with E-state index in [9.17, 15) is 9.59 Å². The van der Waals surface area contributed by atoms with Crippen LogP contribution in [0, 0.1) is 0 Å². The molecule has 14 heavy (non-hydrogen) atoms. The number of halogens is 1. The van der Waals surface area contributed by atoms with Crippen molar-refractivity contribution in [3.05, 3.63) is 12.7 Å². The zero-order valence-electron chi connectivity index (χ0n) is 7.83. The molecule has 0 aliphatic carbocycles. The highest BCUT2D eigenvalue weighted by molar-refractivity contribution is 6.26. The zero-order chi connectivity index (χ0) is 10.8. The number of hydrogen-bond donors (Lipinski definition) is 0. The van der Waals surface area contributed by atoms with Gasteiger partial charge in [-0.15, -0.1) is 11.6 Å². The van der Waals surface area contributed by atoms with Crippen LogP contribution in [0.4, 0.5) is 0 Å². The molecule has 0 N–H and O–H groups in total. The molecule has 0 atom stereocenters. The Labute approximate surface area is 87.8 Å². The third kappa shape index (κ3) is 7.61. The molecule has 0 rings (SSSR count). The Kier molecular flexibility index (Phi) is 7.93. The van der Waals surface area contributed by atoms with Gasteiger partial charge < -0.3 is 9.47 Å². The number of rotatable bonds is 7. The minimum absolute atomic E-state index is 0.133. The van der Waals surface area contributed by atoms with Crippen LogP contribution in [0.1, 0.15) is 12.8 Å². The van der Waals surface area contributed by atoms with Gasteiger partial charge in [-0.1, -0.05) is 6.58 Å². The number of ether oxygens (including phenoxy) is 2. The van der Waals surface area contributed by atoms with E-state index in [4.69, 9.17) is 21.1 Å². The number of carbonyl (C=O) groups excluding carboxylic acids is 2. The third-order valence-corrected chi connectivity index (χ3v) is 1.54. The number of unbranched alkanes of at least 4 members (excludes halogenated alkanes) is 1. The maximum atomic E-state index is 10.6. The Hall–Kier alpha value is -1.03. The van der Waals surface area contributed by atoms with Crippen molar-refractivity contribution >= 4 is 23.5 Å². The van der Waals surface area contributed by atoms with E-state index in [1.807, 2.05) is 0 Å². The molecule has 5 heteroatoms. The Balaban J connectivity index is 3.18. The first-order chi connectivity index (χ1) is 6.70. The summed E-state index contributed by atoms with van der Waals surface area (Å²) in [5.74, 6) is -1.01. The fourth-order valence-corrected chi connectivity index (χ4v) is 0.738. The quantitative estimate of drug-likeness (QED) is 0.281. The minimum Gasteiger partial charge on any atom is -0.465 e. The second-order valence-corrected chi connectivity index (χ2v) is 2.70. The summed E-state index contributed by atoms with van der Waals surface area (Å²) in [6, 6.07) is 0. The molecule has 0 aromatic heterocycles. The first kappa shape index (κ1) is 13.0. The number of hydrogen-bond acceptors (Lipinski definition) is 4. The fourth-order valence-electron chi connectivity index (χ4n) is 0.660. The maximum absolute atomic E-state index is 10.6. The SMILES string of the molecule is C=CC(=O)OCCCCOC(=O)CCl. The van der Waals surface area contributed by atoms with E-state index in [1.165, 1.54) is 0 Å². The summed E-state index contributed by atoms with van der Waals surface area (Å²) in [6.07, 6.45) is 2.40. The molecule has 0 radical (unpaired) electrons.